The number of nitrogens with zero attached hydrogens (tertiary/aromatic N) is 1. The molecule has 2 atom stereocenters. The fourth-order valence-corrected chi connectivity index (χ4v) is 2.81. The monoisotopic (exact) mass is 266 g/mol. The topological polar surface area (TPSA) is 34.1 Å². The summed E-state index contributed by atoms with van der Waals surface area (Å²) in [4.78, 5) is 4.06. The number of ether oxygens (including phenoxy) is 1. The van der Waals surface area contributed by atoms with Gasteiger partial charge in [-0.3, -0.25) is 0 Å². The molecule has 1 aliphatic carbocycles. The highest BCUT2D eigenvalue weighted by Crippen LogP contribution is 2.31. The van der Waals surface area contributed by atoms with Crippen LogP contribution < -0.4 is 10.1 Å². The van der Waals surface area contributed by atoms with E-state index in [0.717, 1.165) is 12.8 Å². The van der Waals surface area contributed by atoms with E-state index < -0.39 is 0 Å². The second kappa shape index (κ2) is 6.85. The lowest BCUT2D eigenvalue weighted by Crippen LogP contribution is -2.30. The fraction of sp³-hybridized carbons (Fsp3) is 0.667. The van der Waals surface area contributed by atoms with E-state index in [4.69, 9.17) is 4.74 Å². The zero-order chi connectivity index (χ0) is 13.7. The maximum Gasteiger partial charge on any atom is 0.250 e. The van der Waals surface area contributed by atoms with Crippen molar-refractivity contribution in [1.82, 2.24) is 10.3 Å². The summed E-state index contributed by atoms with van der Waals surface area (Å²) in [5.41, 5.74) is 0.608. The summed E-state index contributed by atoms with van der Waals surface area (Å²) in [6.45, 7) is 2.67. The Labute approximate surface area is 114 Å². The van der Waals surface area contributed by atoms with Crippen molar-refractivity contribution in [3.05, 3.63) is 23.6 Å². The van der Waals surface area contributed by atoms with E-state index in [1.807, 2.05) is 0 Å². The largest absolute Gasteiger partial charge is 0.472 e. The summed E-state index contributed by atoms with van der Waals surface area (Å²) < 4.78 is 20.1. The Bertz CT molecular complexity index is 411. The minimum absolute atomic E-state index is 0.116. The average Bonchev–Trinajstić information content (AvgIpc) is 2.44. The van der Waals surface area contributed by atoms with Crippen molar-refractivity contribution in [2.45, 2.75) is 51.7 Å². The van der Waals surface area contributed by atoms with E-state index in [1.54, 1.807) is 19.3 Å². The molecule has 0 saturated heterocycles. The second-order valence-corrected chi connectivity index (χ2v) is 5.23. The van der Waals surface area contributed by atoms with Gasteiger partial charge in [0.1, 0.15) is 6.10 Å². The van der Waals surface area contributed by atoms with Gasteiger partial charge in [0.15, 0.2) is 5.82 Å². The van der Waals surface area contributed by atoms with Crippen molar-refractivity contribution in [1.29, 1.82) is 0 Å². The van der Waals surface area contributed by atoms with Crippen molar-refractivity contribution in [2.24, 2.45) is 5.92 Å². The van der Waals surface area contributed by atoms with Gasteiger partial charge in [0.25, 0.3) is 5.88 Å². The average molecular weight is 266 g/mol. The molecule has 0 bridgehead atoms. The van der Waals surface area contributed by atoms with Gasteiger partial charge in [0, 0.05) is 18.3 Å². The zero-order valence-corrected chi connectivity index (χ0v) is 11.8. The molecule has 19 heavy (non-hydrogen) atoms. The van der Waals surface area contributed by atoms with E-state index in [2.05, 4.69) is 17.2 Å². The molecule has 2 rings (SSSR count). The van der Waals surface area contributed by atoms with Gasteiger partial charge in [-0.05, 0) is 44.7 Å². The summed E-state index contributed by atoms with van der Waals surface area (Å²) in [6, 6.07) is 1.69. The van der Waals surface area contributed by atoms with Gasteiger partial charge in [-0.1, -0.05) is 13.3 Å². The SMILES string of the molecule is CCC1CCCCC1Oc1nccc(CNC)c1F. The van der Waals surface area contributed by atoms with Crippen LogP contribution in [0.2, 0.25) is 0 Å². The number of rotatable bonds is 5. The van der Waals surface area contributed by atoms with Gasteiger partial charge in [-0.25, -0.2) is 9.37 Å². The van der Waals surface area contributed by atoms with Crippen LogP contribution in [0, 0.1) is 11.7 Å². The van der Waals surface area contributed by atoms with Crippen molar-refractivity contribution >= 4 is 0 Å². The Morgan fingerprint density at radius 3 is 2.95 bits per heavy atom. The predicted octanol–water partition coefficient (Wildman–Crippen LogP) is 3.29. The van der Waals surface area contributed by atoms with Crippen LogP contribution >= 0.6 is 0 Å². The normalized spacial score (nSPS) is 23.3. The van der Waals surface area contributed by atoms with E-state index >= 15 is 0 Å². The summed E-state index contributed by atoms with van der Waals surface area (Å²) in [5.74, 6) is 0.373. The minimum atomic E-state index is -0.322. The molecule has 3 nitrogen and oxygen atoms in total. The van der Waals surface area contributed by atoms with Crippen LogP contribution in [0.15, 0.2) is 12.3 Å². The smallest absolute Gasteiger partial charge is 0.250 e. The Kier molecular flexibility index (Phi) is 5.14. The van der Waals surface area contributed by atoms with E-state index in [0.29, 0.717) is 18.0 Å². The molecule has 0 amide bonds. The molecule has 2 unspecified atom stereocenters. The lowest BCUT2D eigenvalue weighted by atomic mass is 9.85. The van der Waals surface area contributed by atoms with Crippen LogP contribution in [0.3, 0.4) is 0 Å². The Balaban J connectivity index is 2.11. The van der Waals surface area contributed by atoms with Crippen molar-refractivity contribution < 1.29 is 9.13 Å². The number of pyridine rings is 1. The molecule has 1 aliphatic rings. The molecular formula is C15H23FN2O. The number of nitrogens with one attached hydrogen (secondary N) is 1. The Hall–Kier alpha value is -1.16. The van der Waals surface area contributed by atoms with Crippen molar-refractivity contribution in [3.8, 4) is 5.88 Å². The summed E-state index contributed by atoms with van der Waals surface area (Å²) in [6.07, 6.45) is 7.44. The molecule has 106 valence electrons. The highest BCUT2D eigenvalue weighted by Gasteiger charge is 2.26. The number of halogens is 1. The maximum atomic E-state index is 14.2. The highest BCUT2D eigenvalue weighted by atomic mass is 19.1. The molecule has 1 fully saturated rings. The lowest BCUT2D eigenvalue weighted by Gasteiger charge is -2.30. The zero-order valence-electron chi connectivity index (χ0n) is 11.8. The fourth-order valence-electron chi connectivity index (χ4n) is 2.81. The first-order valence-corrected chi connectivity index (χ1v) is 7.20. The first kappa shape index (κ1) is 14.3. The van der Waals surface area contributed by atoms with Gasteiger partial charge in [0.2, 0.25) is 0 Å². The summed E-state index contributed by atoms with van der Waals surface area (Å²) in [7, 11) is 1.80. The number of hydrogen-bond donors (Lipinski definition) is 1. The third-order valence-corrected chi connectivity index (χ3v) is 3.93. The molecule has 4 heteroatoms. The summed E-state index contributed by atoms with van der Waals surface area (Å²) in [5, 5.41) is 2.95. The molecule has 1 N–H and O–H groups in total. The molecule has 0 aromatic carbocycles. The number of aromatic nitrogens is 1. The molecule has 1 aromatic heterocycles. The van der Waals surface area contributed by atoms with Gasteiger partial charge >= 0.3 is 0 Å². The van der Waals surface area contributed by atoms with Crippen LogP contribution in [-0.2, 0) is 6.54 Å². The molecule has 0 spiro atoms. The Morgan fingerprint density at radius 1 is 1.42 bits per heavy atom. The molecule has 1 saturated carbocycles. The first-order chi connectivity index (χ1) is 9.26. The van der Waals surface area contributed by atoms with Crippen LogP contribution in [0.25, 0.3) is 0 Å². The van der Waals surface area contributed by atoms with Crippen molar-refractivity contribution in [2.75, 3.05) is 7.05 Å². The molecule has 1 aromatic rings. The van der Waals surface area contributed by atoms with Crippen LogP contribution in [0.5, 0.6) is 5.88 Å². The summed E-state index contributed by atoms with van der Waals surface area (Å²) >= 11 is 0. The van der Waals surface area contributed by atoms with Crippen molar-refractivity contribution in [3.63, 3.8) is 0 Å². The quantitative estimate of drug-likeness (QED) is 0.888. The van der Waals surface area contributed by atoms with Crippen LogP contribution in [0.4, 0.5) is 4.39 Å². The molecule has 1 heterocycles. The van der Waals surface area contributed by atoms with E-state index in [9.17, 15) is 4.39 Å². The highest BCUT2D eigenvalue weighted by molar-refractivity contribution is 5.23. The van der Waals surface area contributed by atoms with Crippen LogP contribution in [-0.4, -0.2) is 18.1 Å². The van der Waals surface area contributed by atoms with E-state index in [-0.39, 0.29) is 17.8 Å². The van der Waals surface area contributed by atoms with E-state index in [1.165, 1.54) is 19.3 Å². The second-order valence-electron chi connectivity index (χ2n) is 5.23. The lowest BCUT2D eigenvalue weighted by molar-refractivity contribution is 0.0812. The third kappa shape index (κ3) is 3.44. The van der Waals surface area contributed by atoms with Gasteiger partial charge in [0.05, 0.1) is 0 Å². The minimum Gasteiger partial charge on any atom is -0.472 e. The first-order valence-electron chi connectivity index (χ1n) is 7.20. The van der Waals surface area contributed by atoms with Gasteiger partial charge in [-0.15, -0.1) is 0 Å². The van der Waals surface area contributed by atoms with Gasteiger partial charge < -0.3 is 10.1 Å². The standard InChI is InChI=1S/C15H23FN2O/c1-3-11-6-4-5-7-13(11)19-15-14(16)12(10-17-2)8-9-18-15/h8-9,11,13,17H,3-7,10H2,1-2H3. The molecule has 0 radical (unpaired) electrons. The van der Waals surface area contributed by atoms with Crippen LogP contribution in [0.1, 0.15) is 44.6 Å². The Morgan fingerprint density at radius 2 is 2.21 bits per heavy atom. The third-order valence-electron chi connectivity index (χ3n) is 3.93. The number of hydrogen-bond acceptors (Lipinski definition) is 3. The molecule has 0 aliphatic heterocycles. The van der Waals surface area contributed by atoms with Gasteiger partial charge in [-0.2, -0.15) is 0 Å². The molecular weight excluding hydrogens is 243 g/mol. The maximum absolute atomic E-state index is 14.2. The predicted molar refractivity (Wildman–Crippen MR) is 73.6 cm³/mol.